The first-order chi connectivity index (χ1) is 20.1. The number of esters is 1. The fourth-order valence-corrected chi connectivity index (χ4v) is 7.76. The highest BCUT2D eigenvalue weighted by atomic mass is 32.2. The second-order valence-corrected chi connectivity index (χ2v) is 16.7. The number of sulfonamides is 2. The minimum atomic E-state index is -4.04. The van der Waals surface area contributed by atoms with Crippen LogP contribution in [0.2, 0.25) is 0 Å². The number of aromatic nitrogens is 2. The van der Waals surface area contributed by atoms with E-state index in [0.29, 0.717) is 36.2 Å². The zero-order chi connectivity index (χ0) is 31.2. The van der Waals surface area contributed by atoms with Crippen molar-refractivity contribution in [3.8, 4) is 0 Å². The molecule has 0 atom stereocenters. The molecule has 1 aliphatic carbocycles. The van der Waals surface area contributed by atoms with Crippen molar-refractivity contribution < 1.29 is 31.2 Å². The standard InChI is InChI=1S/C28H38N6O7S2/c1-5-41-23(35)18-42(37,38)32-20-6-7-21(22(16-20)33-14-11-28(9-10-28)12-15-33)25(36)31-26-29-17-19-8-13-34(24(19)30-26)43(39,40)27(2,3)4/h6-7,16-17,32H,5,8-15,18H2,1-4H3,(H,29,30,31,36). The van der Waals surface area contributed by atoms with E-state index < -0.39 is 42.4 Å². The zero-order valence-electron chi connectivity index (χ0n) is 24.8. The first-order valence-corrected chi connectivity index (χ1v) is 17.5. The first-order valence-electron chi connectivity index (χ1n) is 14.4. The topological polar surface area (TPSA) is 168 Å². The maximum absolute atomic E-state index is 13.6. The van der Waals surface area contributed by atoms with E-state index in [9.17, 15) is 26.4 Å². The quantitative estimate of drug-likeness (QED) is 0.391. The normalized spacial score (nSPS) is 17.9. The van der Waals surface area contributed by atoms with Crippen LogP contribution >= 0.6 is 0 Å². The molecule has 0 unspecified atom stereocenters. The van der Waals surface area contributed by atoms with Crippen molar-refractivity contribution in [1.29, 1.82) is 0 Å². The molecule has 13 nitrogen and oxygen atoms in total. The van der Waals surface area contributed by atoms with E-state index in [1.165, 1.54) is 35.5 Å². The van der Waals surface area contributed by atoms with Crippen molar-refractivity contribution in [3.63, 3.8) is 0 Å². The van der Waals surface area contributed by atoms with Gasteiger partial charge in [-0.1, -0.05) is 0 Å². The van der Waals surface area contributed by atoms with E-state index in [0.717, 1.165) is 12.8 Å². The molecule has 0 radical (unpaired) electrons. The van der Waals surface area contributed by atoms with Crippen LogP contribution in [0.4, 0.5) is 23.1 Å². The van der Waals surface area contributed by atoms with Crippen LogP contribution in [0.15, 0.2) is 24.4 Å². The highest BCUT2D eigenvalue weighted by Gasteiger charge is 2.45. The Balaban J connectivity index is 1.41. The third-order valence-corrected chi connectivity index (χ3v) is 11.8. The van der Waals surface area contributed by atoms with Gasteiger partial charge in [0.1, 0.15) is 0 Å². The van der Waals surface area contributed by atoms with Gasteiger partial charge in [-0.25, -0.2) is 21.8 Å². The molecule has 3 heterocycles. The number of hydrogen-bond acceptors (Lipinski definition) is 10. The van der Waals surface area contributed by atoms with Crippen molar-refractivity contribution in [3.05, 3.63) is 35.5 Å². The Hall–Kier alpha value is -3.46. The molecule has 15 heteroatoms. The van der Waals surface area contributed by atoms with E-state index in [-0.39, 0.29) is 36.2 Å². The van der Waals surface area contributed by atoms with Crippen molar-refractivity contribution in [2.24, 2.45) is 5.41 Å². The maximum atomic E-state index is 13.6. The second kappa shape index (κ2) is 11.2. The molecule has 2 aliphatic heterocycles. The lowest BCUT2D eigenvalue weighted by Crippen LogP contribution is -2.42. The third-order valence-electron chi connectivity index (χ3n) is 8.20. The Morgan fingerprint density at radius 1 is 1.05 bits per heavy atom. The molecule has 1 amide bonds. The van der Waals surface area contributed by atoms with Gasteiger partial charge < -0.3 is 9.64 Å². The van der Waals surface area contributed by atoms with Gasteiger partial charge in [0.05, 0.1) is 28.3 Å². The van der Waals surface area contributed by atoms with Crippen molar-refractivity contribution >= 4 is 55.1 Å². The summed E-state index contributed by atoms with van der Waals surface area (Å²) in [6.07, 6.45) is 6.32. The Bertz CT molecular complexity index is 1640. The molecule has 1 aromatic carbocycles. The van der Waals surface area contributed by atoms with Gasteiger partial charge in [-0.2, -0.15) is 4.98 Å². The summed E-state index contributed by atoms with van der Waals surface area (Å²) >= 11 is 0. The lowest BCUT2D eigenvalue weighted by molar-refractivity contribution is -0.139. The molecule has 5 rings (SSSR count). The molecule has 2 aromatic rings. The minimum Gasteiger partial charge on any atom is -0.465 e. The summed E-state index contributed by atoms with van der Waals surface area (Å²) in [6, 6.07) is 4.55. The number of carbonyl (C=O) groups is 2. The summed E-state index contributed by atoms with van der Waals surface area (Å²) in [5, 5.41) is 2.71. The van der Waals surface area contributed by atoms with Gasteiger partial charge in [0, 0.05) is 31.4 Å². The Morgan fingerprint density at radius 3 is 2.37 bits per heavy atom. The number of nitrogens with zero attached hydrogens (tertiary/aromatic N) is 4. The number of piperidine rings is 1. The SMILES string of the molecule is CCOC(=O)CS(=O)(=O)Nc1ccc(C(=O)Nc2ncc3c(n2)N(S(=O)(=O)C(C)(C)C)CC3)c(N2CCC3(CC2)CC3)c1. The molecule has 43 heavy (non-hydrogen) atoms. The summed E-state index contributed by atoms with van der Waals surface area (Å²) in [4.78, 5) is 36.1. The molecule has 3 aliphatic rings. The molecule has 0 bridgehead atoms. The Kier molecular flexibility index (Phi) is 8.09. The van der Waals surface area contributed by atoms with Gasteiger partial charge in [-0.05, 0) is 83.4 Å². The van der Waals surface area contributed by atoms with Crippen LogP contribution in [0, 0.1) is 5.41 Å². The summed E-state index contributed by atoms with van der Waals surface area (Å²) in [6.45, 7) is 8.18. The van der Waals surface area contributed by atoms with E-state index in [4.69, 9.17) is 4.74 Å². The smallest absolute Gasteiger partial charge is 0.323 e. The van der Waals surface area contributed by atoms with Crippen LogP contribution in [0.1, 0.15) is 69.3 Å². The monoisotopic (exact) mass is 634 g/mol. The molecule has 1 spiro atoms. The van der Waals surface area contributed by atoms with E-state index in [2.05, 4.69) is 24.9 Å². The lowest BCUT2D eigenvalue weighted by Gasteiger charge is -2.35. The predicted octanol–water partition coefficient (Wildman–Crippen LogP) is 2.90. The van der Waals surface area contributed by atoms with Crippen LogP contribution in [0.25, 0.3) is 0 Å². The fourth-order valence-electron chi connectivity index (χ4n) is 5.43. The number of fused-ring (bicyclic) bond motifs is 1. The fraction of sp³-hybridized carbons (Fsp3) is 0.571. The van der Waals surface area contributed by atoms with Gasteiger partial charge in [0.2, 0.25) is 26.0 Å². The minimum absolute atomic E-state index is 0.0412. The molecule has 1 saturated carbocycles. The van der Waals surface area contributed by atoms with Crippen molar-refractivity contribution in [1.82, 2.24) is 9.97 Å². The lowest BCUT2D eigenvalue weighted by atomic mass is 9.93. The Labute approximate surface area is 252 Å². The van der Waals surface area contributed by atoms with Crippen molar-refractivity contribution in [2.75, 3.05) is 51.2 Å². The Morgan fingerprint density at radius 2 is 1.74 bits per heavy atom. The third kappa shape index (κ3) is 6.56. The number of amides is 1. The summed E-state index contributed by atoms with van der Waals surface area (Å²) < 4.78 is 59.0. The number of ether oxygens (including phenoxy) is 1. The van der Waals surface area contributed by atoms with Gasteiger partial charge in [-0.3, -0.25) is 23.9 Å². The first kappa shape index (κ1) is 31.0. The number of carbonyl (C=O) groups excluding carboxylic acids is 2. The summed E-state index contributed by atoms with van der Waals surface area (Å²) in [5.41, 5.74) is 2.06. The highest BCUT2D eigenvalue weighted by molar-refractivity contribution is 7.94. The number of benzene rings is 1. The van der Waals surface area contributed by atoms with Crippen molar-refractivity contribution in [2.45, 2.75) is 64.5 Å². The number of nitrogens with one attached hydrogen (secondary N) is 2. The highest BCUT2D eigenvalue weighted by Crippen LogP contribution is 2.54. The molecular weight excluding hydrogens is 596 g/mol. The largest absolute Gasteiger partial charge is 0.465 e. The van der Waals surface area contributed by atoms with Crippen LogP contribution in [0.5, 0.6) is 0 Å². The average Bonchev–Trinajstić information content (AvgIpc) is 3.52. The molecule has 1 aromatic heterocycles. The summed E-state index contributed by atoms with van der Waals surface area (Å²) in [5.74, 6) is -2.01. The van der Waals surface area contributed by atoms with Gasteiger partial charge in [0.15, 0.2) is 11.6 Å². The zero-order valence-corrected chi connectivity index (χ0v) is 26.5. The van der Waals surface area contributed by atoms with Crippen LogP contribution < -0.4 is 19.2 Å². The average molecular weight is 635 g/mol. The molecule has 234 valence electrons. The van der Waals surface area contributed by atoms with E-state index in [1.54, 1.807) is 33.8 Å². The van der Waals surface area contributed by atoms with E-state index in [1.807, 2.05) is 0 Å². The molecule has 1 saturated heterocycles. The van der Waals surface area contributed by atoms with E-state index >= 15 is 0 Å². The van der Waals surface area contributed by atoms with Crippen LogP contribution in [-0.2, 0) is 36.0 Å². The number of hydrogen-bond donors (Lipinski definition) is 2. The van der Waals surface area contributed by atoms with Gasteiger partial charge >= 0.3 is 5.97 Å². The molecule has 2 fully saturated rings. The molecular formula is C28H38N6O7S2. The second-order valence-electron chi connectivity index (χ2n) is 12.3. The summed E-state index contributed by atoms with van der Waals surface area (Å²) in [7, 11) is -7.75. The number of anilines is 4. The van der Waals surface area contributed by atoms with Gasteiger partial charge in [-0.15, -0.1) is 0 Å². The number of rotatable bonds is 9. The predicted molar refractivity (Wildman–Crippen MR) is 163 cm³/mol. The maximum Gasteiger partial charge on any atom is 0.323 e. The van der Waals surface area contributed by atoms with Crippen LogP contribution in [-0.4, -0.2) is 75.4 Å². The molecule has 2 N–H and O–H groups in total. The van der Waals surface area contributed by atoms with Gasteiger partial charge in [0.25, 0.3) is 5.91 Å². The van der Waals surface area contributed by atoms with Crippen LogP contribution in [0.3, 0.4) is 0 Å².